The molecular weight excluding hydrogens is 162 g/mol. The number of rotatable bonds is 2. The van der Waals surface area contributed by atoms with Crippen molar-refractivity contribution < 1.29 is 4.74 Å². The Morgan fingerprint density at radius 3 is 2.85 bits per heavy atom. The molecule has 1 radical (unpaired) electrons. The lowest BCUT2D eigenvalue weighted by Crippen LogP contribution is -2.37. The number of morpholine rings is 1. The van der Waals surface area contributed by atoms with E-state index in [2.05, 4.69) is 29.6 Å². The largest absolute Gasteiger partial charge is 0.378 e. The minimum absolute atomic E-state index is 0.371. The second-order valence-corrected chi connectivity index (χ2v) is 3.32. The highest BCUT2D eigenvalue weighted by Gasteiger charge is 2.14. The molecule has 1 atom stereocenters. The van der Waals surface area contributed by atoms with E-state index in [-0.39, 0.29) is 0 Å². The van der Waals surface area contributed by atoms with E-state index in [4.69, 9.17) is 4.74 Å². The Labute approximate surface area is 78.9 Å². The molecule has 0 aliphatic carbocycles. The van der Waals surface area contributed by atoms with Crippen LogP contribution >= 0.6 is 0 Å². The Morgan fingerprint density at radius 1 is 1.31 bits per heavy atom. The van der Waals surface area contributed by atoms with Crippen molar-refractivity contribution in [2.24, 2.45) is 0 Å². The Hall–Kier alpha value is -0.860. The van der Waals surface area contributed by atoms with Crippen LogP contribution in [0.2, 0.25) is 0 Å². The zero-order valence-electron chi connectivity index (χ0n) is 7.65. The van der Waals surface area contributed by atoms with Crippen LogP contribution in [0, 0.1) is 0 Å². The molecule has 2 nitrogen and oxygen atoms in total. The van der Waals surface area contributed by atoms with Crippen LogP contribution in [0.15, 0.2) is 30.3 Å². The lowest BCUT2D eigenvalue weighted by Gasteiger charge is -2.21. The van der Waals surface area contributed by atoms with E-state index < -0.39 is 0 Å². The molecular formula is C11H14NO. The van der Waals surface area contributed by atoms with Gasteiger partial charge >= 0.3 is 0 Å². The van der Waals surface area contributed by atoms with Crippen LogP contribution in [0.3, 0.4) is 0 Å². The highest BCUT2D eigenvalue weighted by atomic mass is 16.5. The van der Waals surface area contributed by atoms with Crippen molar-refractivity contribution in [2.75, 3.05) is 19.8 Å². The summed E-state index contributed by atoms with van der Waals surface area (Å²) in [6, 6.07) is 10.8. The third-order valence-electron chi connectivity index (χ3n) is 2.25. The summed E-state index contributed by atoms with van der Waals surface area (Å²) >= 11 is 0. The molecule has 0 aromatic heterocycles. The maximum Gasteiger partial charge on any atom is 0.0639 e. The first-order valence-electron chi connectivity index (χ1n) is 4.73. The molecule has 1 unspecified atom stereocenters. The molecule has 2 heteroatoms. The number of nitrogens with zero attached hydrogens (tertiary/aromatic N) is 1. The smallest absolute Gasteiger partial charge is 0.0639 e. The van der Waals surface area contributed by atoms with Gasteiger partial charge in [-0.05, 0) is 12.0 Å². The summed E-state index contributed by atoms with van der Waals surface area (Å²) in [5.41, 5.74) is 1.35. The van der Waals surface area contributed by atoms with Gasteiger partial charge in [0.15, 0.2) is 0 Å². The fourth-order valence-electron chi connectivity index (χ4n) is 1.58. The van der Waals surface area contributed by atoms with Gasteiger partial charge in [-0.3, -0.25) is 0 Å². The summed E-state index contributed by atoms with van der Waals surface area (Å²) in [7, 11) is 0. The SMILES string of the molecule is c1ccc(CC2COCC[N]2)cc1. The second-order valence-electron chi connectivity index (χ2n) is 3.32. The molecule has 1 aliphatic heterocycles. The third-order valence-corrected chi connectivity index (χ3v) is 2.25. The van der Waals surface area contributed by atoms with Crippen molar-refractivity contribution in [1.82, 2.24) is 5.32 Å². The van der Waals surface area contributed by atoms with Crippen molar-refractivity contribution >= 4 is 0 Å². The molecule has 69 valence electrons. The number of hydrogen-bond donors (Lipinski definition) is 0. The zero-order chi connectivity index (χ0) is 8.93. The average Bonchev–Trinajstić information content (AvgIpc) is 2.21. The summed E-state index contributed by atoms with van der Waals surface area (Å²) in [6.07, 6.45) is 1.01. The van der Waals surface area contributed by atoms with Gasteiger partial charge in [-0.25, -0.2) is 5.32 Å². The van der Waals surface area contributed by atoms with Crippen molar-refractivity contribution in [2.45, 2.75) is 12.5 Å². The van der Waals surface area contributed by atoms with Gasteiger partial charge in [0, 0.05) is 6.54 Å². The molecule has 2 rings (SSSR count). The first-order valence-corrected chi connectivity index (χ1v) is 4.73. The van der Waals surface area contributed by atoms with Crippen molar-refractivity contribution in [1.29, 1.82) is 0 Å². The molecule has 0 amide bonds. The molecule has 13 heavy (non-hydrogen) atoms. The maximum atomic E-state index is 5.36. The van der Waals surface area contributed by atoms with Crippen LogP contribution in [0.5, 0.6) is 0 Å². The molecule has 1 heterocycles. The van der Waals surface area contributed by atoms with Crippen molar-refractivity contribution in [3.8, 4) is 0 Å². The van der Waals surface area contributed by atoms with E-state index in [0.717, 1.165) is 26.2 Å². The normalized spacial score (nSPS) is 22.9. The van der Waals surface area contributed by atoms with E-state index in [0.29, 0.717) is 6.04 Å². The minimum atomic E-state index is 0.371. The summed E-state index contributed by atoms with van der Waals surface area (Å²) in [5, 5.41) is 4.50. The fourth-order valence-corrected chi connectivity index (χ4v) is 1.58. The Morgan fingerprint density at radius 2 is 2.15 bits per heavy atom. The van der Waals surface area contributed by atoms with Gasteiger partial charge in [-0.2, -0.15) is 0 Å². The predicted molar refractivity (Wildman–Crippen MR) is 51.8 cm³/mol. The topological polar surface area (TPSA) is 23.3 Å². The first kappa shape index (κ1) is 8.73. The quantitative estimate of drug-likeness (QED) is 0.664. The first-order chi connectivity index (χ1) is 6.45. The number of hydrogen-bond acceptors (Lipinski definition) is 1. The van der Waals surface area contributed by atoms with E-state index >= 15 is 0 Å². The van der Waals surface area contributed by atoms with Crippen LogP contribution < -0.4 is 5.32 Å². The van der Waals surface area contributed by atoms with Gasteiger partial charge in [-0.15, -0.1) is 0 Å². The lowest BCUT2D eigenvalue weighted by atomic mass is 10.1. The average molecular weight is 176 g/mol. The van der Waals surface area contributed by atoms with Crippen molar-refractivity contribution in [3.05, 3.63) is 35.9 Å². The number of ether oxygens (including phenoxy) is 1. The predicted octanol–water partition coefficient (Wildman–Crippen LogP) is 1.23. The molecule has 0 saturated carbocycles. The Kier molecular flexibility index (Phi) is 2.95. The van der Waals surface area contributed by atoms with Gasteiger partial charge in [0.05, 0.1) is 19.3 Å². The van der Waals surface area contributed by atoms with Crippen LogP contribution in [-0.2, 0) is 11.2 Å². The van der Waals surface area contributed by atoms with Gasteiger partial charge in [0.2, 0.25) is 0 Å². The van der Waals surface area contributed by atoms with E-state index in [1.165, 1.54) is 5.56 Å². The summed E-state index contributed by atoms with van der Waals surface area (Å²) in [4.78, 5) is 0. The molecule has 1 saturated heterocycles. The van der Waals surface area contributed by atoms with Gasteiger partial charge in [-0.1, -0.05) is 30.3 Å². The fraction of sp³-hybridized carbons (Fsp3) is 0.455. The van der Waals surface area contributed by atoms with Crippen LogP contribution in [0.1, 0.15) is 5.56 Å². The molecule has 1 aliphatic rings. The summed E-state index contributed by atoms with van der Waals surface area (Å²) in [6.45, 7) is 2.44. The van der Waals surface area contributed by atoms with E-state index in [9.17, 15) is 0 Å². The maximum absolute atomic E-state index is 5.36. The van der Waals surface area contributed by atoms with E-state index in [1.807, 2.05) is 6.07 Å². The van der Waals surface area contributed by atoms with Gasteiger partial charge < -0.3 is 4.74 Å². The summed E-state index contributed by atoms with van der Waals surface area (Å²) in [5.74, 6) is 0. The van der Waals surface area contributed by atoms with Crippen molar-refractivity contribution in [3.63, 3.8) is 0 Å². The monoisotopic (exact) mass is 176 g/mol. The van der Waals surface area contributed by atoms with E-state index in [1.54, 1.807) is 0 Å². The molecule has 1 fully saturated rings. The molecule has 0 bridgehead atoms. The highest BCUT2D eigenvalue weighted by molar-refractivity contribution is 5.15. The Bertz CT molecular complexity index is 242. The van der Waals surface area contributed by atoms with Gasteiger partial charge in [0.25, 0.3) is 0 Å². The molecule has 1 aromatic rings. The molecule has 0 N–H and O–H groups in total. The number of benzene rings is 1. The molecule has 1 aromatic carbocycles. The highest BCUT2D eigenvalue weighted by Crippen LogP contribution is 2.06. The van der Waals surface area contributed by atoms with Crippen LogP contribution in [0.25, 0.3) is 0 Å². The Balaban J connectivity index is 1.90. The third kappa shape index (κ3) is 2.54. The molecule has 0 spiro atoms. The summed E-state index contributed by atoms with van der Waals surface area (Å²) < 4.78 is 5.36. The lowest BCUT2D eigenvalue weighted by molar-refractivity contribution is 0.0747. The standard InChI is InChI=1S/C11H14NO/c1-2-4-10(5-3-1)8-11-9-13-7-6-12-11/h1-5,11H,6-9H2. The van der Waals surface area contributed by atoms with Crippen LogP contribution in [-0.4, -0.2) is 25.8 Å². The minimum Gasteiger partial charge on any atom is -0.378 e. The second kappa shape index (κ2) is 4.40. The van der Waals surface area contributed by atoms with Crippen LogP contribution in [0.4, 0.5) is 0 Å². The van der Waals surface area contributed by atoms with Gasteiger partial charge in [0.1, 0.15) is 0 Å². The zero-order valence-corrected chi connectivity index (χ0v) is 7.65.